The van der Waals surface area contributed by atoms with E-state index in [9.17, 15) is 0 Å². The Labute approximate surface area is 87.4 Å². The minimum absolute atomic E-state index is 0.706. The Morgan fingerprint density at radius 1 is 1.46 bits per heavy atom. The summed E-state index contributed by atoms with van der Waals surface area (Å²) in [6, 6.07) is 6.00. The molecule has 0 bridgehead atoms. The van der Waals surface area contributed by atoms with Gasteiger partial charge < -0.3 is 10.1 Å². The largest absolute Gasteiger partial charge is 0.492 e. The topological polar surface area (TPSA) is 21.3 Å². The quantitative estimate of drug-likeness (QED) is 0.821. The Balaban J connectivity index is 2.53. The third-order valence-corrected chi connectivity index (χ3v) is 2.64. The van der Waals surface area contributed by atoms with Gasteiger partial charge in [-0.1, -0.05) is 15.9 Å². The van der Waals surface area contributed by atoms with Gasteiger partial charge >= 0.3 is 0 Å². The molecule has 0 spiro atoms. The maximum atomic E-state index is 5.50. The molecule has 0 aliphatic carbocycles. The Morgan fingerprint density at radius 2 is 2.23 bits per heavy atom. The normalized spacial score (nSPS) is 10.1. The van der Waals surface area contributed by atoms with Gasteiger partial charge in [-0.2, -0.15) is 0 Å². The molecule has 0 aromatic heterocycles. The zero-order valence-electron chi connectivity index (χ0n) is 7.93. The number of hydrogen-bond acceptors (Lipinski definition) is 2. The second kappa shape index (κ2) is 5.25. The van der Waals surface area contributed by atoms with Crippen molar-refractivity contribution >= 4 is 15.9 Å². The summed E-state index contributed by atoms with van der Waals surface area (Å²) in [5.41, 5.74) is 1.20. The van der Waals surface area contributed by atoms with Crippen molar-refractivity contribution in [3.63, 3.8) is 0 Å². The first kappa shape index (κ1) is 10.5. The van der Waals surface area contributed by atoms with Gasteiger partial charge in [0.1, 0.15) is 12.4 Å². The summed E-state index contributed by atoms with van der Waals surface area (Å²) in [5.74, 6) is 0.927. The first-order valence-corrected chi connectivity index (χ1v) is 5.07. The molecule has 72 valence electrons. The molecular formula is C10H14BrNO. The average molecular weight is 244 g/mol. The van der Waals surface area contributed by atoms with Crippen LogP contribution in [-0.2, 0) is 0 Å². The van der Waals surface area contributed by atoms with Gasteiger partial charge in [-0.25, -0.2) is 0 Å². The van der Waals surface area contributed by atoms with Crippen molar-refractivity contribution in [2.24, 2.45) is 0 Å². The zero-order chi connectivity index (χ0) is 9.68. The number of hydrogen-bond donors (Lipinski definition) is 1. The molecule has 0 fully saturated rings. The fraction of sp³-hybridized carbons (Fsp3) is 0.400. The Bertz CT molecular complexity index is 276. The maximum Gasteiger partial charge on any atom is 0.119 e. The van der Waals surface area contributed by atoms with Gasteiger partial charge in [-0.3, -0.25) is 0 Å². The standard InChI is InChI=1S/C10H14BrNO/c1-8-7-9(3-4-10(8)11)13-6-5-12-2/h3-4,7,12H,5-6H2,1-2H3. The van der Waals surface area contributed by atoms with E-state index in [1.807, 2.05) is 25.2 Å². The van der Waals surface area contributed by atoms with Crippen LogP contribution >= 0.6 is 15.9 Å². The second-order valence-corrected chi connectivity index (χ2v) is 3.72. The molecule has 1 aromatic rings. The smallest absolute Gasteiger partial charge is 0.119 e. The van der Waals surface area contributed by atoms with E-state index in [-0.39, 0.29) is 0 Å². The van der Waals surface area contributed by atoms with Crippen molar-refractivity contribution in [1.82, 2.24) is 5.32 Å². The first-order valence-electron chi connectivity index (χ1n) is 4.27. The van der Waals surface area contributed by atoms with Crippen LogP contribution in [0.4, 0.5) is 0 Å². The monoisotopic (exact) mass is 243 g/mol. The summed E-state index contributed by atoms with van der Waals surface area (Å²) in [7, 11) is 1.91. The van der Waals surface area contributed by atoms with E-state index in [0.717, 1.165) is 16.8 Å². The van der Waals surface area contributed by atoms with Crippen LogP contribution in [0.15, 0.2) is 22.7 Å². The van der Waals surface area contributed by atoms with Crippen molar-refractivity contribution in [1.29, 1.82) is 0 Å². The predicted octanol–water partition coefficient (Wildman–Crippen LogP) is 2.36. The lowest BCUT2D eigenvalue weighted by molar-refractivity contribution is 0.318. The molecule has 1 rings (SSSR count). The number of rotatable bonds is 4. The van der Waals surface area contributed by atoms with Gasteiger partial charge in [0, 0.05) is 11.0 Å². The van der Waals surface area contributed by atoms with Crippen molar-refractivity contribution in [3.8, 4) is 5.75 Å². The molecule has 0 amide bonds. The van der Waals surface area contributed by atoms with E-state index in [1.165, 1.54) is 5.56 Å². The summed E-state index contributed by atoms with van der Waals surface area (Å²) in [5, 5.41) is 3.03. The van der Waals surface area contributed by atoms with Crippen LogP contribution in [0.2, 0.25) is 0 Å². The third kappa shape index (κ3) is 3.36. The highest BCUT2D eigenvalue weighted by Crippen LogP contribution is 2.21. The summed E-state index contributed by atoms with van der Waals surface area (Å²) in [6.07, 6.45) is 0. The molecule has 0 unspecified atom stereocenters. The average Bonchev–Trinajstić information content (AvgIpc) is 2.12. The molecule has 13 heavy (non-hydrogen) atoms. The summed E-state index contributed by atoms with van der Waals surface area (Å²) >= 11 is 3.44. The van der Waals surface area contributed by atoms with Gasteiger partial charge in [0.2, 0.25) is 0 Å². The minimum Gasteiger partial charge on any atom is -0.492 e. The van der Waals surface area contributed by atoms with E-state index in [2.05, 4.69) is 28.2 Å². The van der Waals surface area contributed by atoms with Crippen LogP contribution in [-0.4, -0.2) is 20.2 Å². The fourth-order valence-corrected chi connectivity index (χ4v) is 1.22. The van der Waals surface area contributed by atoms with Crippen molar-refractivity contribution in [3.05, 3.63) is 28.2 Å². The first-order chi connectivity index (χ1) is 6.24. The van der Waals surface area contributed by atoms with Crippen molar-refractivity contribution in [2.45, 2.75) is 6.92 Å². The van der Waals surface area contributed by atoms with Crippen molar-refractivity contribution in [2.75, 3.05) is 20.2 Å². The highest BCUT2D eigenvalue weighted by Gasteiger charge is 1.97. The molecule has 0 aliphatic rings. The lowest BCUT2D eigenvalue weighted by atomic mass is 10.2. The molecule has 3 heteroatoms. The van der Waals surface area contributed by atoms with E-state index in [1.54, 1.807) is 0 Å². The molecule has 2 nitrogen and oxygen atoms in total. The molecule has 0 heterocycles. The molecule has 0 aliphatic heterocycles. The molecule has 0 saturated heterocycles. The maximum absolute atomic E-state index is 5.50. The van der Waals surface area contributed by atoms with Crippen LogP contribution in [0.1, 0.15) is 5.56 Å². The van der Waals surface area contributed by atoms with Crippen LogP contribution in [0.3, 0.4) is 0 Å². The second-order valence-electron chi connectivity index (χ2n) is 2.86. The predicted molar refractivity (Wildman–Crippen MR) is 58.3 cm³/mol. The number of aryl methyl sites for hydroxylation is 1. The van der Waals surface area contributed by atoms with Crippen LogP contribution < -0.4 is 10.1 Å². The number of benzene rings is 1. The highest BCUT2D eigenvalue weighted by molar-refractivity contribution is 9.10. The Hall–Kier alpha value is -0.540. The molecule has 1 N–H and O–H groups in total. The minimum atomic E-state index is 0.706. The summed E-state index contributed by atoms with van der Waals surface area (Å²) in [4.78, 5) is 0. The fourth-order valence-electron chi connectivity index (χ4n) is 0.978. The van der Waals surface area contributed by atoms with E-state index in [4.69, 9.17) is 4.74 Å². The highest BCUT2D eigenvalue weighted by atomic mass is 79.9. The van der Waals surface area contributed by atoms with E-state index >= 15 is 0 Å². The summed E-state index contributed by atoms with van der Waals surface area (Å²) < 4.78 is 6.62. The van der Waals surface area contributed by atoms with Crippen LogP contribution in [0.25, 0.3) is 0 Å². The van der Waals surface area contributed by atoms with Gasteiger partial charge in [-0.15, -0.1) is 0 Å². The summed E-state index contributed by atoms with van der Waals surface area (Å²) in [6.45, 7) is 3.63. The van der Waals surface area contributed by atoms with E-state index in [0.29, 0.717) is 6.61 Å². The van der Waals surface area contributed by atoms with Crippen LogP contribution in [0.5, 0.6) is 5.75 Å². The van der Waals surface area contributed by atoms with Gasteiger partial charge in [0.25, 0.3) is 0 Å². The Morgan fingerprint density at radius 3 is 2.85 bits per heavy atom. The third-order valence-electron chi connectivity index (χ3n) is 1.75. The van der Waals surface area contributed by atoms with Crippen LogP contribution in [0, 0.1) is 6.92 Å². The number of likely N-dealkylation sites (N-methyl/N-ethyl adjacent to an activating group) is 1. The SMILES string of the molecule is CNCCOc1ccc(Br)c(C)c1. The van der Waals surface area contributed by atoms with E-state index < -0.39 is 0 Å². The lowest BCUT2D eigenvalue weighted by Gasteiger charge is -2.06. The number of nitrogens with one attached hydrogen (secondary N) is 1. The Kier molecular flexibility index (Phi) is 4.25. The molecule has 1 aromatic carbocycles. The zero-order valence-corrected chi connectivity index (χ0v) is 9.52. The number of halogens is 1. The number of ether oxygens (including phenoxy) is 1. The van der Waals surface area contributed by atoms with Gasteiger partial charge in [0.05, 0.1) is 0 Å². The van der Waals surface area contributed by atoms with Crippen molar-refractivity contribution < 1.29 is 4.74 Å². The molecule has 0 atom stereocenters. The molecule has 0 radical (unpaired) electrons. The van der Waals surface area contributed by atoms with Gasteiger partial charge in [0.15, 0.2) is 0 Å². The lowest BCUT2D eigenvalue weighted by Crippen LogP contribution is -2.15. The van der Waals surface area contributed by atoms with Gasteiger partial charge in [-0.05, 0) is 37.7 Å². The molecular weight excluding hydrogens is 230 g/mol. The molecule has 0 saturated carbocycles.